The third-order valence-electron chi connectivity index (χ3n) is 0.494. The minimum absolute atomic E-state index is 0.102. The van der Waals surface area contributed by atoms with Crippen molar-refractivity contribution in [3.05, 3.63) is 11.4 Å². The van der Waals surface area contributed by atoms with Crippen LogP contribution in [0.1, 0.15) is 0 Å². The number of hydrogen-bond acceptors (Lipinski definition) is 3. The van der Waals surface area contributed by atoms with Gasteiger partial charge in [-0.1, -0.05) is 11.6 Å². The number of nitrogens with zero attached hydrogens (tertiary/aromatic N) is 1. The third kappa shape index (κ3) is 0.838. The number of rotatable bonds is 0. The number of nitrogens with two attached hydrogens (primary N) is 1. The summed E-state index contributed by atoms with van der Waals surface area (Å²) < 4.78 is 4.50. The minimum Gasteiger partial charge on any atom is -0.431 e. The van der Waals surface area contributed by atoms with Gasteiger partial charge in [0.1, 0.15) is 6.26 Å². The van der Waals surface area contributed by atoms with Crippen LogP contribution in [-0.2, 0) is 0 Å². The average Bonchev–Trinajstić information content (AvgIpc) is 1.87. The van der Waals surface area contributed by atoms with E-state index in [1.54, 1.807) is 0 Å². The van der Waals surface area contributed by atoms with Gasteiger partial charge in [-0.15, -0.1) is 0 Å². The zero-order valence-corrected chi connectivity index (χ0v) is 4.14. The van der Waals surface area contributed by atoms with Gasteiger partial charge in [0.2, 0.25) is 0 Å². The number of oxazole rings is 1. The molecule has 0 saturated heterocycles. The van der Waals surface area contributed by atoms with Crippen LogP contribution in [0.4, 0.5) is 6.01 Å². The van der Waals surface area contributed by atoms with Gasteiger partial charge in [0.25, 0.3) is 6.01 Å². The number of hydrogen-bond donors (Lipinski definition) is 1. The van der Waals surface area contributed by atoms with Crippen LogP contribution < -0.4 is 5.73 Å². The van der Waals surface area contributed by atoms with E-state index in [1.165, 1.54) is 6.26 Å². The highest BCUT2D eigenvalue weighted by atomic mass is 35.5. The molecule has 0 fully saturated rings. The summed E-state index contributed by atoms with van der Waals surface area (Å²) in [6.07, 6.45) is 1.27. The van der Waals surface area contributed by atoms with Gasteiger partial charge < -0.3 is 10.2 Å². The lowest BCUT2D eigenvalue weighted by molar-refractivity contribution is 0.580. The summed E-state index contributed by atoms with van der Waals surface area (Å²) in [6, 6.07) is 0.102. The summed E-state index contributed by atoms with van der Waals surface area (Å²) in [5.41, 5.74) is 5.02. The molecule has 0 atom stereocenters. The third-order valence-corrected chi connectivity index (χ3v) is 0.668. The number of aromatic nitrogens is 1. The van der Waals surface area contributed by atoms with E-state index in [1.807, 2.05) is 0 Å². The normalized spacial score (nSPS) is 9.29. The zero-order chi connectivity index (χ0) is 5.28. The highest BCUT2D eigenvalue weighted by molar-refractivity contribution is 6.29. The monoisotopic (exact) mass is 118 g/mol. The number of anilines is 1. The highest BCUT2D eigenvalue weighted by Gasteiger charge is 1.90. The first-order chi connectivity index (χ1) is 3.29. The van der Waals surface area contributed by atoms with Gasteiger partial charge in [-0.2, -0.15) is 4.98 Å². The van der Waals surface area contributed by atoms with E-state index >= 15 is 0 Å². The smallest absolute Gasteiger partial charge is 0.293 e. The highest BCUT2D eigenvalue weighted by Crippen LogP contribution is 2.06. The SMILES string of the molecule is Nc1nc(Cl)co1. The van der Waals surface area contributed by atoms with Crippen LogP contribution in [0.2, 0.25) is 5.15 Å². The first-order valence-corrected chi connectivity index (χ1v) is 2.03. The van der Waals surface area contributed by atoms with Crippen molar-refractivity contribution in [3.63, 3.8) is 0 Å². The molecule has 0 aliphatic rings. The Morgan fingerprint density at radius 1 is 1.86 bits per heavy atom. The Hall–Kier alpha value is -0.700. The second-order valence-corrected chi connectivity index (χ2v) is 1.40. The number of halogens is 1. The van der Waals surface area contributed by atoms with E-state index in [2.05, 4.69) is 9.40 Å². The van der Waals surface area contributed by atoms with Crippen LogP contribution in [0, 0.1) is 0 Å². The summed E-state index contributed by atoms with van der Waals surface area (Å²) in [4.78, 5) is 3.49. The summed E-state index contributed by atoms with van der Waals surface area (Å²) in [5, 5.41) is 0.289. The van der Waals surface area contributed by atoms with E-state index in [9.17, 15) is 0 Å². The second kappa shape index (κ2) is 1.42. The van der Waals surface area contributed by atoms with Crippen LogP contribution >= 0.6 is 11.6 Å². The van der Waals surface area contributed by atoms with Crippen molar-refractivity contribution in [1.82, 2.24) is 4.98 Å². The maximum Gasteiger partial charge on any atom is 0.293 e. The molecule has 1 aromatic heterocycles. The molecule has 1 rings (SSSR count). The zero-order valence-electron chi connectivity index (χ0n) is 3.39. The van der Waals surface area contributed by atoms with E-state index < -0.39 is 0 Å². The molecular weight excluding hydrogens is 115 g/mol. The fourth-order valence-electron chi connectivity index (χ4n) is 0.267. The molecule has 1 aromatic rings. The van der Waals surface area contributed by atoms with Crippen molar-refractivity contribution in [2.75, 3.05) is 5.73 Å². The van der Waals surface area contributed by atoms with Crippen molar-refractivity contribution in [3.8, 4) is 0 Å². The predicted molar refractivity (Wildman–Crippen MR) is 25.9 cm³/mol. The summed E-state index contributed by atoms with van der Waals surface area (Å²) >= 11 is 5.28. The maximum atomic E-state index is 5.28. The van der Waals surface area contributed by atoms with Gasteiger partial charge in [0, 0.05) is 0 Å². The Morgan fingerprint density at radius 2 is 2.57 bits per heavy atom. The molecule has 0 bridgehead atoms. The lowest BCUT2D eigenvalue weighted by atomic mass is 11.0. The molecule has 2 N–H and O–H groups in total. The van der Waals surface area contributed by atoms with Crippen molar-refractivity contribution in [2.45, 2.75) is 0 Å². The van der Waals surface area contributed by atoms with Crippen molar-refractivity contribution >= 4 is 17.6 Å². The standard InChI is InChI=1S/C3H3ClN2O/c4-2-1-7-3(5)6-2/h1H,(H2,5,6). The fourth-order valence-corrected chi connectivity index (χ4v) is 0.395. The molecule has 0 saturated carbocycles. The summed E-state index contributed by atoms with van der Waals surface area (Å²) in [7, 11) is 0. The fraction of sp³-hybridized carbons (Fsp3) is 0. The summed E-state index contributed by atoms with van der Waals surface area (Å²) in [6.45, 7) is 0. The first kappa shape index (κ1) is 4.46. The molecule has 0 radical (unpaired) electrons. The molecule has 3 nitrogen and oxygen atoms in total. The molecule has 38 valence electrons. The van der Waals surface area contributed by atoms with Crippen molar-refractivity contribution in [1.29, 1.82) is 0 Å². The Labute approximate surface area is 45.1 Å². The minimum atomic E-state index is 0.102. The van der Waals surface area contributed by atoms with Crippen LogP contribution in [0.25, 0.3) is 0 Å². The molecule has 4 heteroatoms. The van der Waals surface area contributed by atoms with Crippen molar-refractivity contribution < 1.29 is 4.42 Å². The van der Waals surface area contributed by atoms with Gasteiger partial charge >= 0.3 is 0 Å². The Bertz CT molecular complexity index is 145. The molecule has 0 aromatic carbocycles. The molecule has 0 spiro atoms. The van der Waals surface area contributed by atoms with E-state index in [0.29, 0.717) is 0 Å². The van der Waals surface area contributed by atoms with Gasteiger partial charge in [0.15, 0.2) is 5.15 Å². The van der Waals surface area contributed by atoms with Crippen molar-refractivity contribution in [2.24, 2.45) is 0 Å². The van der Waals surface area contributed by atoms with Crippen LogP contribution in [0.15, 0.2) is 10.7 Å². The molecule has 0 aliphatic carbocycles. The number of nitrogen functional groups attached to an aromatic ring is 1. The average molecular weight is 119 g/mol. The van der Waals surface area contributed by atoms with Gasteiger partial charge in [-0.05, 0) is 0 Å². The molecule has 0 amide bonds. The van der Waals surface area contributed by atoms with Crippen LogP contribution in [0.3, 0.4) is 0 Å². The predicted octanol–water partition coefficient (Wildman–Crippen LogP) is 0.910. The maximum absolute atomic E-state index is 5.28. The lowest BCUT2D eigenvalue weighted by Crippen LogP contribution is -1.80. The molecule has 0 unspecified atom stereocenters. The van der Waals surface area contributed by atoms with Crippen LogP contribution in [0.5, 0.6) is 0 Å². The largest absolute Gasteiger partial charge is 0.431 e. The molecule has 7 heavy (non-hydrogen) atoms. The van der Waals surface area contributed by atoms with Crippen LogP contribution in [-0.4, -0.2) is 4.98 Å². The Kier molecular flexibility index (Phi) is 0.906. The topological polar surface area (TPSA) is 52.0 Å². The molecular formula is C3H3ClN2O. The second-order valence-electron chi connectivity index (χ2n) is 1.01. The van der Waals surface area contributed by atoms with E-state index in [0.717, 1.165) is 0 Å². The molecule has 0 aliphatic heterocycles. The van der Waals surface area contributed by atoms with Gasteiger partial charge in [-0.3, -0.25) is 0 Å². The van der Waals surface area contributed by atoms with E-state index in [4.69, 9.17) is 17.3 Å². The molecule has 1 heterocycles. The van der Waals surface area contributed by atoms with E-state index in [-0.39, 0.29) is 11.2 Å². The lowest BCUT2D eigenvalue weighted by Gasteiger charge is -1.69. The van der Waals surface area contributed by atoms with Gasteiger partial charge in [-0.25, -0.2) is 0 Å². The quantitative estimate of drug-likeness (QED) is 0.551. The Balaban J connectivity index is 3.04. The summed E-state index contributed by atoms with van der Waals surface area (Å²) in [5.74, 6) is 0. The first-order valence-electron chi connectivity index (χ1n) is 1.65. The Morgan fingerprint density at radius 3 is 2.71 bits per heavy atom. The van der Waals surface area contributed by atoms with Gasteiger partial charge in [0.05, 0.1) is 0 Å².